The number of anilines is 2. The van der Waals surface area contributed by atoms with Crippen LogP contribution >= 0.6 is 0 Å². The Hall–Kier alpha value is -3.61. The molecule has 3 amide bonds. The van der Waals surface area contributed by atoms with E-state index in [1.165, 1.54) is 11.8 Å². The van der Waals surface area contributed by atoms with Crippen LogP contribution in [0.15, 0.2) is 54.2 Å². The minimum atomic E-state index is -0.354. The monoisotopic (exact) mass is 421 g/mol. The zero-order chi connectivity index (χ0) is 22.4. The minimum Gasteiger partial charge on any atom is -0.494 e. The Balaban J connectivity index is 1.97. The van der Waals surface area contributed by atoms with Gasteiger partial charge < -0.3 is 15.4 Å². The normalized spacial score (nSPS) is 13.6. The molecule has 0 radical (unpaired) electrons. The van der Waals surface area contributed by atoms with Crippen LogP contribution < -0.4 is 15.4 Å². The molecular formula is C24H27N3O4. The molecule has 0 bridgehead atoms. The van der Waals surface area contributed by atoms with E-state index in [-0.39, 0.29) is 23.4 Å². The molecule has 31 heavy (non-hydrogen) atoms. The number of carbonyl (C=O) groups excluding carboxylic acids is 3. The molecule has 0 fully saturated rings. The van der Waals surface area contributed by atoms with Crippen LogP contribution in [0.1, 0.15) is 39.2 Å². The van der Waals surface area contributed by atoms with Gasteiger partial charge in [-0.2, -0.15) is 0 Å². The predicted molar refractivity (Wildman–Crippen MR) is 121 cm³/mol. The van der Waals surface area contributed by atoms with Gasteiger partial charge in [0, 0.05) is 30.9 Å². The minimum absolute atomic E-state index is 0.180. The number of imide groups is 1. The summed E-state index contributed by atoms with van der Waals surface area (Å²) in [6.07, 6.45) is 1.56. The van der Waals surface area contributed by atoms with E-state index in [0.717, 1.165) is 6.42 Å². The number of hydrogen-bond acceptors (Lipinski definition) is 5. The van der Waals surface area contributed by atoms with E-state index >= 15 is 0 Å². The lowest BCUT2D eigenvalue weighted by Gasteiger charge is -2.14. The fraction of sp³-hybridized carbons (Fsp3) is 0.292. The van der Waals surface area contributed by atoms with Gasteiger partial charge in [-0.1, -0.05) is 32.0 Å². The molecule has 0 saturated heterocycles. The van der Waals surface area contributed by atoms with Crippen molar-refractivity contribution in [3.8, 4) is 5.75 Å². The third-order valence-corrected chi connectivity index (χ3v) is 4.69. The SMILES string of the molecule is CCCOc1cccc(NC2=C(c3ccc(NC(C)=O)cc3)C(=O)N(CCC)C2=O)c1. The number of nitrogens with one attached hydrogen (secondary N) is 2. The molecule has 162 valence electrons. The Bertz CT molecular complexity index is 1010. The number of carbonyl (C=O) groups is 3. The van der Waals surface area contributed by atoms with Gasteiger partial charge in [0.2, 0.25) is 5.91 Å². The average Bonchev–Trinajstić information content (AvgIpc) is 2.97. The van der Waals surface area contributed by atoms with Crippen LogP contribution in [-0.2, 0) is 14.4 Å². The molecule has 3 rings (SSSR count). The molecule has 0 aromatic heterocycles. The van der Waals surface area contributed by atoms with Crippen molar-refractivity contribution < 1.29 is 19.1 Å². The maximum atomic E-state index is 13.1. The second-order valence-electron chi connectivity index (χ2n) is 7.27. The smallest absolute Gasteiger partial charge is 0.278 e. The Morgan fingerprint density at radius 3 is 2.35 bits per heavy atom. The molecule has 2 aromatic rings. The third-order valence-electron chi connectivity index (χ3n) is 4.69. The van der Waals surface area contributed by atoms with E-state index in [0.29, 0.717) is 47.8 Å². The zero-order valence-electron chi connectivity index (χ0n) is 18.0. The summed E-state index contributed by atoms with van der Waals surface area (Å²) in [5.74, 6) is -0.177. The standard InChI is InChI=1S/C24H27N3O4/c1-4-13-27-23(29)21(17-9-11-18(12-10-17)25-16(3)28)22(24(27)30)26-19-7-6-8-20(15-19)31-14-5-2/h6-12,15,26H,4-5,13-14H2,1-3H3,(H,25,28). The van der Waals surface area contributed by atoms with Crippen LogP contribution in [0.2, 0.25) is 0 Å². The molecular weight excluding hydrogens is 394 g/mol. The van der Waals surface area contributed by atoms with Gasteiger partial charge in [0.25, 0.3) is 11.8 Å². The van der Waals surface area contributed by atoms with Crippen molar-refractivity contribution in [3.05, 3.63) is 59.8 Å². The molecule has 0 spiro atoms. The first kappa shape index (κ1) is 22.1. The van der Waals surface area contributed by atoms with Crippen molar-refractivity contribution in [1.82, 2.24) is 4.90 Å². The van der Waals surface area contributed by atoms with Gasteiger partial charge in [0.05, 0.1) is 12.2 Å². The average molecular weight is 421 g/mol. The predicted octanol–water partition coefficient (Wildman–Crippen LogP) is 4.04. The summed E-state index contributed by atoms with van der Waals surface area (Å²) >= 11 is 0. The highest BCUT2D eigenvalue weighted by atomic mass is 16.5. The maximum absolute atomic E-state index is 13.1. The number of amides is 3. The lowest BCUT2D eigenvalue weighted by molar-refractivity contribution is -0.136. The summed E-state index contributed by atoms with van der Waals surface area (Å²) in [4.78, 5) is 38.7. The Labute approximate surface area is 182 Å². The molecule has 2 aromatic carbocycles. The van der Waals surface area contributed by atoms with E-state index in [1.54, 1.807) is 30.3 Å². The lowest BCUT2D eigenvalue weighted by Crippen LogP contribution is -2.33. The lowest BCUT2D eigenvalue weighted by atomic mass is 10.0. The molecule has 7 heteroatoms. The van der Waals surface area contributed by atoms with Crippen LogP contribution in [-0.4, -0.2) is 35.8 Å². The summed E-state index contributed by atoms with van der Waals surface area (Å²) in [5, 5.41) is 5.84. The van der Waals surface area contributed by atoms with Gasteiger partial charge in [-0.05, 0) is 42.7 Å². The van der Waals surface area contributed by atoms with E-state index in [4.69, 9.17) is 4.74 Å². The van der Waals surface area contributed by atoms with Crippen LogP contribution in [0.4, 0.5) is 11.4 Å². The van der Waals surface area contributed by atoms with Crippen molar-refractivity contribution >= 4 is 34.7 Å². The highest BCUT2D eigenvalue weighted by molar-refractivity contribution is 6.36. The van der Waals surface area contributed by atoms with Crippen LogP contribution in [0, 0.1) is 0 Å². The van der Waals surface area contributed by atoms with E-state index in [1.807, 2.05) is 32.0 Å². The summed E-state index contributed by atoms with van der Waals surface area (Å²) in [6, 6.07) is 14.2. The maximum Gasteiger partial charge on any atom is 0.278 e. The van der Waals surface area contributed by atoms with Crippen LogP contribution in [0.25, 0.3) is 5.57 Å². The number of ether oxygens (including phenoxy) is 1. The molecule has 1 heterocycles. The second kappa shape index (κ2) is 9.93. The zero-order valence-corrected chi connectivity index (χ0v) is 18.0. The molecule has 0 atom stereocenters. The Kier molecular flexibility index (Phi) is 7.07. The largest absolute Gasteiger partial charge is 0.494 e. The van der Waals surface area contributed by atoms with Gasteiger partial charge in [0.1, 0.15) is 11.4 Å². The quantitative estimate of drug-likeness (QED) is 0.597. The molecule has 7 nitrogen and oxygen atoms in total. The third kappa shape index (κ3) is 5.12. The molecule has 1 aliphatic rings. The highest BCUT2D eigenvalue weighted by Gasteiger charge is 2.38. The van der Waals surface area contributed by atoms with E-state index in [2.05, 4.69) is 10.6 Å². The number of benzene rings is 2. The van der Waals surface area contributed by atoms with Crippen molar-refractivity contribution in [2.45, 2.75) is 33.6 Å². The van der Waals surface area contributed by atoms with Crippen LogP contribution in [0.5, 0.6) is 5.75 Å². The van der Waals surface area contributed by atoms with E-state index in [9.17, 15) is 14.4 Å². The van der Waals surface area contributed by atoms with Crippen molar-refractivity contribution in [3.63, 3.8) is 0 Å². The van der Waals surface area contributed by atoms with E-state index < -0.39 is 0 Å². The molecule has 2 N–H and O–H groups in total. The second-order valence-corrected chi connectivity index (χ2v) is 7.27. The van der Waals surface area contributed by atoms with Crippen LogP contribution in [0.3, 0.4) is 0 Å². The Morgan fingerprint density at radius 2 is 1.71 bits per heavy atom. The van der Waals surface area contributed by atoms with Gasteiger partial charge in [-0.25, -0.2) is 0 Å². The van der Waals surface area contributed by atoms with Crippen molar-refractivity contribution in [1.29, 1.82) is 0 Å². The fourth-order valence-corrected chi connectivity index (χ4v) is 3.34. The molecule has 0 saturated carbocycles. The molecule has 0 aliphatic carbocycles. The summed E-state index contributed by atoms with van der Waals surface area (Å²) in [5.41, 5.74) is 2.43. The molecule has 0 unspecified atom stereocenters. The fourth-order valence-electron chi connectivity index (χ4n) is 3.34. The first-order valence-corrected chi connectivity index (χ1v) is 10.4. The first-order chi connectivity index (χ1) is 14.9. The summed E-state index contributed by atoms with van der Waals surface area (Å²) < 4.78 is 5.67. The van der Waals surface area contributed by atoms with Crippen molar-refractivity contribution in [2.24, 2.45) is 0 Å². The summed E-state index contributed by atoms with van der Waals surface area (Å²) in [6.45, 7) is 6.32. The number of hydrogen-bond donors (Lipinski definition) is 2. The number of rotatable bonds is 9. The number of nitrogens with zero attached hydrogens (tertiary/aromatic N) is 1. The highest BCUT2D eigenvalue weighted by Crippen LogP contribution is 2.32. The van der Waals surface area contributed by atoms with Gasteiger partial charge in [-0.15, -0.1) is 0 Å². The Morgan fingerprint density at radius 1 is 0.968 bits per heavy atom. The topological polar surface area (TPSA) is 87.7 Å². The summed E-state index contributed by atoms with van der Waals surface area (Å²) in [7, 11) is 0. The molecule has 1 aliphatic heterocycles. The van der Waals surface area contributed by atoms with Gasteiger partial charge >= 0.3 is 0 Å². The van der Waals surface area contributed by atoms with Gasteiger partial charge in [0.15, 0.2) is 0 Å². The van der Waals surface area contributed by atoms with Crippen molar-refractivity contribution in [2.75, 3.05) is 23.8 Å². The first-order valence-electron chi connectivity index (χ1n) is 10.4. The van der Waals surface area contributed by atoms with Gasteiger partial charge in [-0.3, -0.25) is 19.3 Å².